The van der Waals surface area contributed by atoms with E-state index in [1.165, 1.54) is 11.3 Å². The zero-order valence-electron chi connectivity index (χ0n) is 14.7. The average molecular weight is 424 g/mol. The van der Waals surface area contributed by atoms with Gasteiger partial charge in [0, 0.05) is 10.0 Å². The minimum absolute atomic E-state index is 0.0128. The highest BCUT2D eigenvalue weighted by atomic mass is 79.9. The first kappa shape index (κ1) is 19.8. The molecule has 0 spiro atoms. The fourth-order valence-electron chi connectivity index (χ4n) is 1.92. The number of hydrogen-bond acceptors (Lipinski definition) is 5. The van der Waals surface area contributed by atoms with Gasteiger partial charge in [-0.15, -0.1) is 6.58 Å². The van der Waals surface area contributed by atoms with Crippen molar-refractivity contribution in [2.24, 2.45) is 4.99 Å². The van der Waals surface area contributed by atoms with E-state index in [0.29, 0.717) is 23.5 Å². The summed E-state index contributed by atoms with van der Waals surface area (Å²) in [5.74, 6) is -0.0128. The first-order chi connectivity index (χ1) is 11.8. The first-order valence-electron chi connectivity index (χ1n) is 7.89. The fraction of sp³-hybridized carbons (Fsp3) is 0.389. The lowest BCUT2D eigenvalue weighted by Crippen LogP contribution is -2.22. The summed E-state index contributed by atoms with van der Waals surface area (Å²) in [6, 6.07) is 7.29. The van der Waals surface area contributed by atoms with Gasteiger partial charge in [0.2, 0.25) is 4.80 Å². The number of halogens is 1. The molecule has 2 aromatic rings. The molecule has 1 aromatic heterocycles. The van der Waals surface area contributed by atoms with Gasteiger partial charge in [-0.05, 0) is 32.9 Å². The normalized spacial score (nSPS) is 12.4. The molecule has 0 aliphatic rings. The van der Waals surface area contributed by atoms with Gasteiger partial charge in [0.1, 0.15) is 18.2 Å². The molecule has 0 atom stereocenters. The Morgan fingerprint density at radius 2 is 2.08 bits per heavy atom. The van der Waals surface area contributed by atoms with Crippen LogP contribution in [0, 0.1) is 0 Å². The third-order valence-corrected chi connectivity index (χ3v) is 4.59. The van der Waals surface area contributed by atoms with Crippen LogP contribution in [0.2, 0.25) is 0 Å². The Hall–Kier alpha value is -1.57. The predicted octanol–water partition coefficient (Wildman–Crippen LogP) is 3.99. The van der Waals surface area contributed by atoms with Crippen molar-refractivity contribution in [1.29, 1.82) is 0 Å². The summed E-state index contributed by atoms with van der Waals surface area (Å²) in [5.41, 5.74) is 0.396. The smallest absolute Gasteiger partial charge is 0.203 e. The predicted molar refractivity (Wildman–Crippen MR) is 104 cm³/mol. The summed E-state index contributed by atoms with van der Waals surface area (Å²) in [6.07, 6.45) is 1.71. The van der Waals surface area contributed by atoms with Gasteiger partial charge < -0.3 is 4.74 Å². The lowest BCUT2D eigenvalue weighted by Gasteiger charge is -2.18. The Kier molecular flexibility index (Phi) is 6.87. The molecule has 0 aliphatic carbocycles. The highest BCUT2D eigenvalue weighted by Gasteiger charge is 2.15. The third-order valence-electron chi connectivity index (χ3n) is 3.11. The molecule has 0 saturated carbocycles. The van der Waals surface area contributed by atoms with Gasteiger partial charge in [-0.25, -0.2) is 4.68 Å². The maximum Gasteiger partial charge on any atom is 0.203 e. The molecule has 7 heteroatoms. The molecule has 0 amide bonds. The molecule has 0 aliphatic heterocycles. The Morgan fingerprint density at radius 3 is 2.68 bits per heavy atom. The van der Waals surface area contributed by atoms with Gasteiger partial charge in [0.25, 0.3) is 0 Å². The number of ketones is 1. The maximum absolute atomic E-state index is 12.5. The Labute approximate surface area is 160 Å². The number of carbonyl (C=O) groups is 1. The number of ether oxygens (including phenoxy) is 1. The van der Waals surface area contributed by atoms with Gasteiger partial charge in [0.15, 0.2) is 5.78 Å². The Bertz CT molecular complexity index is 801. The van der Waals surface area contributed by atoms with Crippen molar-refractivity contribution in [3.8, 4) is 0 Å². The average Bonchev–Trinajstić information content (AvgIpc) is 2.93. The van der Waals surface area contributed by atoms with Crippen LogP contribution in [0.5, 0.6) is 0 Å². The monoisotopic (exact) mass is 423 g/mol. The minimum atomic E-state index is -0.248. The molecule has 2 rings (SSSR count). The largest absolute Gasteiger partial charge is 0.369 e. The molecule has 0 unspecified atom stereocenters. The molecule has 0 fully saturated rings. The zero-order chi connectivity index (χ0) is 18.4. The molecule has 0 bridgehead atoms. The Balaban J connectivity index is 2.22. The van der Waals surface area contributed by atoms with Crippen molar-refractivity contribution in [2.75, 3.05) is 6.54 Å². The second-order valence-electron chi connectivity index (χ2n) is 6.40. The van der Waals surface area contributed by atoms with E-state index in [-0.39, 0.29) is 17.9 Å². The topological polar surface area (TPSA) is 56.5 Å². The van der Waals surface area contributed by atoms with E-state index < -0.39 is 0 Å². The van der Waals surface area contributed by atoms with Gasteiger partial charge >= 0.3 is 0 Å². The number of rotatable bonds is 7. The van der Waals surface area contributed by atoms with Crippen molar-refractivity contribution < 1.29 is 9.53 Å². The van der Waals surface area contributed by atoms with Crippen molar-refractivity contribution in [3.05, 3.63) is 56.8 Å². The highest BCUT2D eigenvalue weighted by molar-refractivity contribution is 9.10. The molecule has 1 heterocycles. The van der Waals surface area contributed by atoms with E-state index in [1.807, 2.05) is 32.9 Å². The molecule has 0 radical (unpaired) electrons. The number of aromatic nitrogens is 2. The van der Waals surface area contributed by atoms with Crippen LogP contribution in [-0.4, -0.2) is 27.7 Å². The summed E-state index contributed by atoms with van der Waals surface area (Å²) in [6.45, 7) is 10.7. The highest BCUT2D eigenvalue weighted by Crippen LogP contribution is 2.13. The lowest BCUT2D eigenvalue weighted by atomic mass is 10.1. The van der Waals surface area contributed by atoms with Crippen LogP contribution < -0.4 is 4.80 Å². The third kappa shape index (κ3) is 6.34. The van der Waals surface area contributed by atoms with E-state index in [4.69, 9.17) is 4.74 Å². The first-order valence-corrected chi connectivity index (χ1v) is 9.50. The number of hydrogen-bond donors (Lipinski definition) is 0. The molecule has 134 valence electrons. The van der Waals surface area contributed by atoms with E-state index in [2.05, 4.69) is 32.6 Å². The van der Waals surface area contributed by atoms with Crippen LogP contribution in [0.3, 0.4) is 0 Å². The number of nitrogens with zero attached hydrogens (tertiary/aromatic N) is 3. The molecular formula is C18H22BrN3O2S. The number of benzene rings is 1. The van der Waals surface area contributed by atoms with Gasteiger partial charge in [-0.2, -0.15) is 5.10 Å². The van der Waals surface area contributed by atoms with Gasteiger partial charge in [0.05, 0.1) is 12.1 Å². The lowest BCUT2D eigenvalue weighted by molar-refractivity contribution is -0.0154. The van der Waals surface area contributed by atoms with E-state index >= 15 is 0 Å². The van der Waals surface area contributed by atoms with Crippen molar-refractivity contribution in [1.82, 2.24) is 9.78 Å². The summed E-state index contributed by atoms with van der Waals surface area (Å²) in [4.78, 5) is 17.6. The second-order valence-corrected chi connectivity index (χ2v) is 8.35. The summed E-state index contributed by atoms with van der Waals surface area (Å²) >= 11 is 4.80. The zero-order valence-corrected chi connectivity index (χ0v) is 17.1. The minimum Gasteiger partial charge on any atom is -0.369 e. The van der Waals surface area contributed by atoms with Crippen LogP contribution in [0.4, 0.5) is 0 Å². The van der Waals surface area contributed by atoms with E-state index in [0.717, 1.165) is 9.48 Å². The van der Waals surface area contributed by atoms with Gasteiger partial charge in [-0.1, -0.05) is 45.5 Å². The van der Waals surface area contributed by atoms with Crippen molar-refractivity contribution >= 4 is 33.0 Å². The Morgan fingerprint density at radius 1 is 1.40 bits per heavy atom. The van der Waals surface area contributed by atoms with E-state index in [1.54, 1.807) is 22.9 Å². The summed E-state index contributed by atoms with van der Waals surface area (Å²) in [5, 5.41) is 5.29. The quantitative estimate of drug-likeness (QED) is 0.499. The second kappa shape index (κ2) is 8.69. The molecular weight excluding hydrogens is 402 g/mol. The molecule has 1 aromatic carbocycles. The number of carbonyl (C=O) groups excluding carboxylic acids is 1. The molecule has 5 nitrogen and oxygen atoms in total. The van der Waals surface area contributed by atoms with Crippen LogP contribution in [-0.2, 0) is 17.9 Å². The fourth-order valence-corrected chi connectivity index (χ4v) is 3.00. The molecule has 0 N–H and O–H groups in total. The van der Waals surface area contributed by atoms with Crippen LogP contribution >= 0.6 is 27.3 Å². The molecule has 25 heavy (non-hydrogen) atoms. The summed E-state index contributed by atoms with van der Waals surface area (Å²) in [7, 11) is 0. The van der Waals surface area contributed by atoms with Gasteiger partial charge in [-0.3, -0.25) is 9.79 Å². The van der Waals surface area contributed by atoms with E-state index in [9.17, 15) is 4.79 Å². The van der Waals surface area contributed by atoms with Crippen LogP contribution in [0.1, 0.15) is 36.1 Å². The molecule has 0 saturated heterocycles. The van der Waals surface area contributed by atoms with Crippen LogP contribution in [0.15, 0.2) is 46.4 Å². The van der Waals surface area contributed by atoms with Crippen molar-refractivity contribution in [2.45, 2.75) is 39.5 Å². The number of Topliss-reactive ketones (excluding diaryl/α,β-unsaturated/α-hetero) is 1. The maximum atomic E-state index is 12.5. The van der Waals surface area contributed by atoms with Crippen LogP contribution in [0.25, 0.3) is 0 Å². The van der Waals surface area contributed by atoms with Crippen molar-refractivity contribution in [3.63, 3.8) is 0 Å². The standard InChI is InChI=1S/C18H22BrN3O2S/c1-5-10-20-17-22(21-16(25-17)12-24-18(2,3)4)11-15(23)13-6-8-14(19)9-7-13/h5-9H,1,10-12H2,2-4H3. The SMILES string of the molecule is C=CCN=c1sc(COC(C)(C)C)nn1CC(=O)c1ccc(Br)cc1. The summed E-state index contributed by atoms with van der Waals surface area (Å²) < 4.78 is 8.35.